The van der Waals surface area contributed by atoms with Crippen molar-refractivity contribution in [3.63, 3.8) is 0 Å². The Kier molecular flexibility index (Phi) is 7.57. The zero-order chi connectivity index (χ0) is 13.4. The van der Waals surface area contributed by atoms with Crippen molar-refractivity contribution in [3.8, 4) is 0 Å². The highest BCUT2D eigenvalue weighted by Gasteiger charge is 2.27. The molecule has 0 aromatic rings. The maximum absolute atomic E-state index is 11.6. The topological polar surface area (TPSA) is 26.3 Å². The Morgan fingerprint density at radius 3 is 2.44 bits per heavy atom. The highest BCUT2D eigenvalue weighted by Crippen LogP contribution is 2.34. The Morgan fingerprint density at radius 2 is 1.83 bits per heavy atom. The fourth-order valence-corrected chi connectivity index (χ4v) is 3.03. The van der Waals surface area contributed by atoms with E-state index in [1.54, 1.807) is 0 Å². The maximum atomic E-state index is 11.6. The highest BCUT2D eigenvalue weighted by atomic mass is 16.5. The average Bonchev–Trinajstić information content (AvgIpc) is 2.33. The van der Waals surface area contributed by atoms with Crippen molar-refractivity contribution >= 4 is 5.78 Å². The molecule has 0 aromatic heterocycles. The van der Waals surface area contributed by atoms with Crippen LogP contribution in [-0.4, -0.2) is 19.0 Å². The molecule has 0 N–H and O–H groups in total. The highest BCUT2D eigenvalue weighted by molar-refractivity contribution is 5.79. The minimum atomic E-state index is 0.277. The monoisotopic (exact) mass is 254 g/mol. The molecule has 2 atom stereocenters. The van der Waals surface area contributed by atoms with Crippen LogP contribution in [-0.2, 0) is 9.53 Å². The van der Waals surface area contributed by atoms with Crippen molar-refractivity contribution in [2.24, 2.45) is 17.8 Å². The fourth-order valence-electron chi connectivity index (χ4n) is 3.03. The van der Waals surface area contributed by atoms with Crippen molar-refractivity contribution in [2.45, 2.75) is 65.7 Å². The number of ether oxygens (including phenoxy) is 1. The largest absolute Gasteiger partial charge is 0.373 e. The lowest BCUT2D eigenvalue weighted by atomic mass is 9.74. The van der Waals surface area contributed by atoms with Gasteiger partial charge in [0.25, 0.3) is 0 Å². The molecule has 18 heavy (non-hydrogen) atoms. The molecule has 1 aliphatic carbocycles. The van der Waals surface area contributed by atoms with Gasteiger partial charge in [0.05, 0.1) is 6.61 Å². The number of Topliss-reactive ketones (excluding diaryl/α,β-unsaturated/α-hetero) is 1. The Hall–Kier alpha value is -0.370. The molecule has 2 heteroatoms. The minimum absolute atomic E-state index is 0.277. The molecule has 106 valence electrons. The molecule has 1 fully saturated rings. The van der Waals surface area contributed by atoms with E-state index in [0.29, 0.717) is 18.9 Å². The zero-order valence-corrected chi connectivity index (χ0v) is 12.4. The summed E-state index contributed by atoms with van der Waals surface area (Å²) in [5.74, 6) is 2.44. The molecule has 1 rings (SSSR count). The van der Waals surface area contributed by atoms with Crippen LogP contribution in [0.3, 0.4) is 0 Å². The van der Waals surface area contributed by atoms with Gasteiger partial charge in [0.1, 0.15) is 6.61 Å². The SMILES string of the molecule is CCCCCC(=O)COCC1C(C)CCCC1C. The minimum Gasteiger partial charge on any atom is -0.373 e. The summed E-state index contributed by atoms with van der Waals surface area (Å²) in [6.07, 6.45) is 8.05. The van der Waals surface area contributed by atoms with Crippen LogP contribution >= 0.6 is 0 Å². The Bertz CT molecular complexity index is 227. The number of hydrogen-bond donors (Lipinski definition) is 0. The van der Waals surface area contributed by atoms with E-state index in [1.165, 1.54) is 25.7 Å². The molecule has 0 spiro atoms. The van der Waals surface area contributed by atoms with Gasteiger partial charge >= 0.3 is 0 Å². The van der Waals surface area contributed by atoms with Crippen molar-refractivity contribution in [2.75, 3.05) is 13.2 Å². The second-order valence-corrected chi connectivity index (χ2v) is 6.06. The summed E-state index contributed by atoms with van der Waals surface area (Å²) in [6.45, 7) is 7.92. The predicted octanol–water partition coefficient (Wildman–Crippen LogP) is 4.22. The molecule has 2 nitrogen and oxygen atoms in total. The molecule has 1 saturated carbocycles. The first-order valence-electron chi connectivity index (χ1n) is 7.74. The van der Waals surface area contributed by atoms with Crippen molar-refractivity contribution in [1.82, 2.24) is 0 Å². The van der Waals surface area contributed by atoms with E-state index >= 15 is 0 Å². The third-order valence-corrected chi connectivity index (χ3v) is 4.41. The van der Waals surface area contributed by atoms with E-state index in [9.17, 15) is 4.79 Å². The van der Waals surface area contributed by atoms with Crippen LogP contribution in [0.15, 0.2) is 0 Å². The third kappa shape index (κ3) is 5.51. The van der Waals surface area contributed by atoms with Gasteiger partial charge in [-0.25, -0.2) is 0 Å². The second-order valence-electron chi connectivity index (χ2n) is 6.06. The smallest absolute Gasteiger partial charge is 0.158 e. The average molecular weight is 254 g/mol. The van der Waals surface area contributed by atoms with Crippen LogP contribution in [0.2, 0.25) is 0 Å². The lowest BCUT2D eigenvalue weighted by molar-refractivity contribution is -0.124. The van der Waals surface area contributed by atoms with Crippen LogP contribution in [0, 0.1) is 17.8 Å². The summed E-state index contributed by atoms with van der Waals surface area (Å²) >= 11 is 0. The normalized spacial score (nSPS) is 28.3. The quantitative estimate of drug-likeness (QED) is 0.606. The molecule has 0 bridgehead atoms. The number of rotatable bonds is 8. The van der Waals surface area contributed by atoms with E-state index in [-0.39, 0.29) is 5.78 Å². The van der Waals surface area contributed by atoms with E-state index in [4.69, 9.17) is 4.74 Å². The Balaban J connectivity index is 2.14. The van der Waals surface area contributed by atoms with Crippen LogP contribution in [0.4, 0.5) is 0 Å². The lowest BCUT2D eigenvalue weighted by Crippen LogP contribution is -2.29. The van der Waals surface area contributed by atoms with Crippen molar-refractivity contribution in [3.05, 3.63) is 0 Å². The van der Waals surface area contributed by atoms with Gasteiger partial charge in [-0.2, -0.15) is 0 Å². The summed E-state index contributed by atoms with van der Waals surface area (Å²) in [7, 11) is 0. The van der Waals surface area contributed by atoms with Crippen LogP contribution in [0.25, 0.3) is 0 Å². The summed E-state index contributed by atoms with van der Waals surface area (Å²) in [5.41, 5.74) is 0. The van der Waals surface area contributed by atoms with Gasteiger partial charge in [-0.05, 0) is 24.2 Å². The number of carbonyl (C=O) groups is 1. The molecule has 1 aliphatic rings. The van der Waals surface area contributed by atoms with Crippen LogP contribution in [0.1, 0.15) is 65.7 Å². The van der Waals surface area contributed by atoms with Gasteiger partial charge in [-0.15, -0.1) is 0 Å². The molecular weight excluding hydrogens is 224 g/mol. The van der Waals surface area contributed by atoms with Gasteiger partial charge < -0.3 is 4.74 Å². The molecular formula is C16H30O2. The van der Waals surface area contributed by atoms with E-state index in [2.05, 4.69) is 20.8 Å². The molecule has 0 aliphatic heterocycles. The Morgan fingerprint density at radius 1 is 1.17 bits per heavy atom. The first-order valence-corrected chi connectivity index (χ1v) is 7.74. The van der Waals surface area contributed by atoms with Gasteiger partial charge in [-0.1, -0.05) is 52.9 Å². The van der Waals surface area contributed by atoms with E-state index in [0.717, 1.165) is 31.3 Å². The first-order chi connectivity index (χ1) is 8.65. The lowest BCUT2D eigenvalue weighted by Gasteiger charge is -2.34. The van der Waals surface area contributed by atoms with Gasteiger partial charge in [0, 0.05) is 6.42 Å². The van der Waals surface area contributed by atoms with Crippen molar-refractivity contribution in [1.29, 1.82) is 0 Å². The standard InChI is InChI=1S/C16H30O2/c1-4-5-6-10-15(17)11-18-12-16-13(2)8-7-9-14(16)3/h13-14,16H,4-12H2,1-3H3. The Labute approximate surface area is 112 Å². The summed E-state index contributed by atoms with van der Waals surface area (Å²) in [6, 6.07) is 0. The molecule has 0 aromatic carbocycles. The first kappa shape index (κ1) is 15.7. The molecule has 0 heterocycles. The molecule has 0 radical (unpaired) electrons. The summed E-state index contributed by atoms with van der Waals surface area (Å²) in [4.78, 5) is 11.6. The van der Waals surface area contributed by atoms with Gasteiger partial charge in [0.2, 0.25) is 0 Å². The van der Waals surface area contributed by atoms with Gasteiger partial charge in [-0.3, -0.25) is 4.79 Å². The van der Waals surface area contributed by atoms with Crippen LogP contribution in [0.5, 0.6) is 0 Å². The predicted molar refractivity (Wildman–Crippen MR) is 75.6 cm³/mol. The number of ketones is 1. The van der Waals surface area contributed by atoms with E-state index in [1.807, 2.05) is 0 Å². The summed E-state index contributed by atoms with van der Waals surface area (Å²) < 4.78 is 5.66. The maximum Gasteiger partial charge on any atom is 0.158 e. The molecule has 0 amide bonds. The zero-order valence-electron chi connectivity index (χ0n) is 12.4. The fraction of sp³-hybridized carbons (Fsp3) is 0.938. The third-order valence-electron chi connectivity index (χ3n) is 4.41. The van der Waals surface area contributed by atoms with Crippen LogP contribution < -0.4 is 0 Å². The number of hydrogen-bond acceptors (Lipinski definition) is 2. The second kappa shape index (κ2) is 8.68. The molecule has 2 unspecified atom stereocenters. The number of unbranched alkanes of at least 4 members (excludes halogenated alkanes) is 2. The number of carbonyl (C=O) groups excluding carboxylic acids is 1. The van der Waals surface area contributed by atoms with Gasteiger partial charge in [0.15, 0.2) is 5.78 Å². The van der Waals surface area contributed by atoms with Crippen molar-refractivity contribution < 1.29 is 9.53 Å². The summed E-state index contributed by atoms with van der Waals surface area (Å²) in [5, 5.41) is 0. The molecule has 0 saturated heterocycles. The van der Waals surface area contributed by atoms with E-state index < -0.39 is 0 Å².